The first-order valence-electron chi connectivity index (χ1n) is 4.09. The molecular formula is C9H6Cl2O4. The molecule has 4 nitrogen and oxygen atoms in total. The van der Waals surface area contributed by atoms with Crippen molar-refractivity contribution in [3.63, 3.8) is 0 Å². The molecule has 6 heteroatoms. The monoisotopic (exact) mass is 248 g/mol. The van der Waals surface area contributed by atoms with Crippen molar-refractivity contribution in [2.75, 3.05) is 0 Å². The molecule has 2 rings (SSSR count). The van der Waals surface area contributed by atoms with Crippen LogP contribution in [-0.2, 0) is 9.53 Å². The molecule has 80 valence electrons. The molecule has 2 heterocycles. The van der Waals surface area contributed by atoms with Crippen LogP contribution in [0.25, 0.3) is 0 Å². The van der Waals surface area contributed by atoms with E-state index in [1.807, 2.05) is 0 Å². The molecule has 0 saturated heterocycles. The van der Waals surface area contributed by atoms with Crippen molar-refractivity contribution >= 4 is 29.2 Å². The molecule has 2 unspecified atom stereocenters. The van der Waals surface area contributed by atoms with E-state index in [1.54, 1.807) is 12.1 Å². The predicted molar refractivity (Wildman–Crippen MR) is 52.3 cm³/mol. The van der Waals surface area contributed by atoms with Gasteiger partial charge in [0.25, 0.3) is 0 Å². The van der Waals surface area contributed by atoms with Gasteiger partial charge < -0.3 is 14.3 Å². The maximum Gasteiger partial charge on any atom is 0.351 e. The summed E-state index contributed by atoms with van der Waals surface area (Å²) in [6.07, 6.45) is -0.736. The van der Waals surface area contributed by atoms with Crippen LogP contribution in [0.5, 0.6) is 0 Å². The fraction of sp³-hybridized carbons (Fsp3) is 0.222. The van der Waals surface area contributed by atoms with Crippen molar-refractivity contribution < 1.29 is 19.1 Å². The molecule has 0 aromatic carbocycles. The lowest BCUT2D eigenvalue weighted by molar-refractivity contribution is -0.143. The second kappa shape index (κ2) is 3.89. The first-order chi connectivity index (χ1) is 7.11. The van der Waals surface area contributed by atoms with Crippen LogP contribution >= 0.6 is 23.2 Å². The van der Waals surface area contributed by atoms with Gasteiger partial charge >= 0.3 is 5.97 Å². The molecule has 0 radical (unpaired) electrons. The standard InChI is InChI=1S/C9H6Cl2O4/c10-5-6(11)9(13)15-8(5)7(12)4-2-1-3-14-4/h1-3,7-8,12H. The van der Waals surface area contributed by atoms with Gasteiger partial charge in [-0.1, -0.05) is 23.2 Å². The van der Waals surface area contributed by atoms with E-state index in [4.69, 9.17) is 32.4 Å². The maximum atomic E-state index is 11.0. The molecule has 0 spiro atoms. The smallest absolute Gasteiger partial charge is 0.351 e. The Bertz CT molecular complexity index is 410. The fourth-order valence-corrected chi connectivity index (χ4v) is 1.65. The predicted octanol–water partition coefficient (Wildman–Crippen LogP) is 1.93. The lowest BCUT2D eigenvalue weighted by Crippen LogP contribution is -2.19. The summed E-state index contributed by atoms with van der Waals surface area (Å²) in [6.45, 7) is 0. The number of carbonyl (C=O) groups excluding carboxylic acids is 1. The van der Waals surface area contributed by atoms with Crippen LogP contribution in [0.2, 0.25) is 0 Å². The number of halogens is 2. The quantitative estimate of drug-likeness (QED) is 0.813. The van der Waals surface area contributed by atoms with Gasteiger partial charge in [-0.05, 0) is 12.1 Å². The highest BCUT2D eigenvalue weighted by atomic mass is 35.5. The van der Waals surface area contributed by atoms with Crippen molar-refractivity contribution in [3.05, 3.63) is 34.2 Å². The van der Waals surface area contributed by atoms with Gasteiger partial charge in [0.15, 0.2) is 12.2 Å². The fourth-order valence-electron chi connectivity index (χ4n) is 1.25. The van der Waals surface area contributed by atoms with Gasteiger partial charge in [-0.2, -0.15) is 0 Å². The molecule has 1 N–H and O–H groups in total. The molecule has 1 aromatic rings. The van der Waals surface area contributed by atoms with Crippen molar-refractivity contribution in [2.45, 2.75) is 12.2 Å². The Morgan fingerprint density at radius 1 is 1.47 bits per heavy atom. The summed E-state index contributed by atoms with van der Waals surface area (Å²) in [5.41, 5.74) is 0. The van der Waals surface area contributed by atoms with E-state index in [1.165, 1.54) is 6.26 Å². The minimum Gasteiger partial charge on any atom is -0.466 e. The summed E-state index contributed by atoms with van der Waals surface area (Å²) in [7, 11) is 0. The Kier molecular flexibility index (Phi) is 2.73. The Morgan fingerprint density at radius 2 is 2.20 bits per heavy atom. The number of esters is 1. The molecule has 1 aliphatic rings. The van der Waals surface area contributed by atoms with Crippen LogP contribution in [0.3, 0.4) is 0 Å². The van der Waals surface area contributed by atoms with Crippen LogP contribution in [-0.4, -0.2) is 17.2 Å². The lowest BCUT2D eigenvalue weighted by atomic mass is 10.1. The topological polar surface area (TPSA) is 59.7 Å². The number of ether oxygens (including phenoxy) is 1. The average Bonchev–Trinajstić information content (AvgIpc) is 2.82. The third-order valence-electron chi connectivity index (χ3n) is 1.99. The molecule has 0 saturated carbocycles. The number of aliphatic hydroxyl groups is 1. The van der Waals surface area contributed by atoms with Crippen molar-refractivity contribution in [3.8, 4) is 0 Å². The third-order valence-corrected chi connectivity index (χ3v) is 2.85. The third kappa shape index (κ3) is 1.76. The molecule has 0 bridgehead atoms. The van der Waals surface area contributed by atoms with Gasteiger partial charge in [0, 0.05) is 0 Å². The Labute approximate surface area is 95.0 Å². The van der Waals surface area contributed by atoms with Crippen LogP contribution in [0.15, 0.2) is 32.9 Å². The number of hydrogen-bond acceptors (Lipinski definition) is 4. The molecule has 0 aliphatic carbocycles. The highest BCUT2D eigenvalue weighted by Crippen LogP contribution is 2.35. The first kappa shape index (κ1) is 10.5. The van der Waals surface area contributed by atoms with Gasteiger partial charge in [0.2, 0.25) is 0 Å². The minimum absolute atomic E-state index is 0.00873. The first-order valence-corrected chi connectivity index (χ1v) is 4.84. The normalized spacial score (nSPS) is 23.1. The Balaban J connectivity index is 2.24. The maximum absolute atomic E-state index is 11.0. The zero-order valence-electron chi connectivity index (χ0n) is 7.31. The van der Waals surface area contributed by atoms with Gasteiger partial charge in [-0.15, -0.1) is 0 Å². The van der Waals surface area contributed by atoms with Crippen LogP contribution in [0.4, 0.5) is 0 Å². The summed E-state index contributed by atoms with van der Waals surface area (Å²) in [5.74, 6) is -0.477. The number of aliphatic hydroxyl groups excluding tert-OH is 1. The Morgan fingerprint density at radius 3 is 2.67 bits per heavy atom. The zero-order chi connectivity index (χ0) is 11.0. The van der Waals surface area contributed by atoms with Crippen LogP contribution in [0.1, 0.15) is 11.9 Å². The molecule has 1 aliphatic heterocycles. The molecule has 0 amide bonds. The molecule has 2 atom stereocenters. The van der Waals surface area contributed by atoms with Crippen molar-refractivity contribution in [2.24, 2.45) is 0 Å². The molecular weight excluding hydrogens is 243 g/mol. The number of hydrogen-bond donors (Lipinski definition) is 1. The van der Waals surface area contributed by atoms with Gasteiger partial charge in [0.1, 0.15) is 10.8 Å². The number of rotatable bonds is 2. The number of cyclic esters (lactones) is 1. The van der Waals surface area contributed by atoms with E-state index >= 15 is 0 Å². The lowest BCUT2D eigenvalue weighted by Gasteiger charge is -2.15. The molecule has 1 aromatic heterocycles. The average molecular weight is 249 g/mol. The summed E-state index contributed by atoms with van der Waals surface area (Å²) in [6, 6.07) is 3.16. The SMILES string of the molecule is O=C1OC(C(O)c2ccco2)C(Cl)=C1Cl. The second-order valence-corrected chi connectivity index (χ2v) is 3.73. The summed E-state index contributed by atoms with van der Waals surface area (Å²) >= 11 is 11.3. The number of carbonyl (C=O) groups is 1. The van der Waals surface area contributed by atoms with Crippen LogP contribution < -0.4 is 0 Å². The second-order valence-electron chi connectivity index (χ2n) is 2.95. The van der Waals surface area contributed by atoms with Crippen LogP contribution in [0, 0.1) is 0 Å². The van der Waals surface area contributed by atoms with Gasteiger partial charge in [-0.3, -0.25) is 0 Å². The minimum atomic E-state index is -1.15. The highest BCUT2D eigenvalue weighted by Gasteiger charge is 2.38. The van der Waals surface area contributed by atoms with Gasteiger partial charge in [0.05, 0.1) is 11.3 Å². The summed E-state index contributed by atoms with van der Waals surface area (Å²) in [4.78, 5) is 11.0. The molecule has 0 fully saturated rings. The largest absolute Gasteiger partial charge is 0.466 e. The molecule has 15 heavy (non-hydrogen) atoms. The van der Waals surface area contributed by atoms with Crippen molar-refractivity contribution in [1.29, 1.82) is 0 Å². The van der Waals surface area contributed by atoms with E-state index < -0.39 is 18.2 Å². The van der Waals surface area contributed by atoms with E-state index in [0.717, 1.165) is 0 Å². The summed E-state index contributed by atoms with van der Waals surface area (Å²) in [5, 5.41) is 9.56. The highest BCUT2D eigenvalue weighted by molar-refractivity contribution is 6.48. The zero-order valence-corrected chi connectivity index (χ0v) is 8.83. The Hall–Kier alpha value is -0.970. The van der Waals surface area contributed by atoms with Gasteiger partial charge in [-0.25, -0.2) is 4.79 Å². The van der Waals surface area contributed by atoms with E-state index in [0.29, 0.717) is 0 Å². The summed E-state index contributed by atoms with van der Waals surface area (Å²) < 4.78 is 9.75. The van der Waals surface area contributed by atoms with E-state index in [2.05, 4.69) is 0 Å². The van der Waals surface area contributed by atoms with E-state index in [-0.39, 0.29) is 15.8 Å². The van der Waals surface area contributed by atoms with E-state index in [9.17, 15) is 9.90 Å². The van der Waals surface area contributed by atoms with Crippen molar-refractivity contribution in [1.82, 2.24) is 0 Å². The number of furan rings is 1.